The SMILES string of the molecule is CN(C)c1n[nH]c2ncc(NC(=O)c3c(Cl)ccc(OCc4ccccc4)c3F)cc12. The van der Waals surface area contributed by atoms with Crippen molar-refractivity contribution in [2.45, 2.75) is 6.61 Å². The molecular weight excluding hydrogens is 421 g/mol. The van der Waals surface area contributed by atoms with Gasteiger partial charge in [-0.3, -0.25) is 9.89 Å². The van der Waals surface area contributed by atoms with E-state index in [2.05, 4.69) is 20.5 Å². The van der Waals surface area contributed by atoms with Crippen molar-refractivity contribution in [1.82, 2.24) is 15.2 Å². The van der Waals surface area contributed by atoms with E-state index in [0.717, 1.165) is 5.56 Å². The summed E-state index contributed by atoms with van der Waals surface area (Å²) in [6, 6.07) is 13.9. The number of amides is 1. The molecule has 2 N–H and O–H groups in total. The summed E-state index contributed by atoms with van der Waals surface area (Å²) in [6.07, 6.45) is 1.46. The number of aromatic nitrogens is 3. The third kappa shape index (κ3) is 4.29. The van der Waals surface area contributed by atoms with Crippen molar-refractivity contribution in [2.24, 2.45) is 0 Å². The van der Waals surface area contributed by atoms with Crippen LogP contribution in [0.2, 0.25) is 5.02 Å². The number of hydrogen-bond donors (Lipinski definition) is 2. The van der Waals surface area contributed by atoms with Crippen molar-refractivity contribution in [1.29, 1.82) is 0 Å². The number of ether oxygens (including phenoxy) is 1. The fourth-order valence-corrected chi connectivity index (χ4v) is 3.31. The molecule has 2 heterocycles. The summed E-state index contributed by atoms with van der Waals surface area (Å²) in [4.78, 5) is 18.9. The molecule has 0 unspecified atom stereocenters. The Hall–Kier alpha value is -3.65. The lowest BCUT2D eigenvalue weighted by molar-refractivity contribution is 0.102. The van der Waals surface area contributed by atoms with Gasteiger partial charge in [-0.05, 0) is 23.8 Å². The summed E-state index contributed by atoms with van der Waals surface area (Å²) >= 11 is 6.13. The van der Waals surface area contributed by atoms with Gasteiger partial charge >= 0.3 is 0 Å². The number of fused-ring (bicyclic) bond motifs is 1. The fraction of sp³-hybridized carbons (Fsp3) is 0.136. The Bertz CT molecular complexity index is 1240. The molecule has 2 aromatic heterocycles. The topological polar surface area (TPSA) is 83.1 Å². The molecule has 0 aliphatic heterocycles. The van der Waals surface area contributed by atoms with Gasteiger partial charge in [-0.2, -0.15) is 5.10 Å². The van der Waals surface area contributed by atoms with Gasteiger partial charge in [-0.15, -0.1) is 0 Å². The monoisotopic (exact) mass is 439 g/mol. The molecule has 2 aromatic carbocycles. The molecule has 0 aliphatic rings. The molecule has 7 nitrogen and oxygen atoms in total. The van der Waals surface area contributed by atoms with Crippen LogP contribution in [0.1, 0.15) is 15.9 Å². The predicted octanol–water partition coefficient (Wildman–Crippen LogP) is 4.65. The number of benzene rings is 2. The predicted molar refractivity (Wildman–Crippen MR) is 118 cm³/mol. The Morgan fingerprint density at radius 2 is 2.00 bits per heavy atom. The number of anilines is 2. The number of carbonyl (C=O) groups excluding carboxylic acids is 1. The highest BCUT2D eigenvalue weighted by molar-refractivity contribution is 6.34. The van der Waals surface area contributed by atoms with E-state index in [9.17, 15) is 4.79 Å². The van der Waals surface area contributed by atoms with Gasteiger partial charge in [0, 0.05) is 14.1 Å². The van der Waals surface area contributed by atoms with E-state index in [1.807, 2.05) is 49.3 Å². The molecule has 0 fully saturated rings. The lowest BCUT2D eigenvalue weighted by atomic mass is 10.1. The Labute approximate surface area is 182 Å². The van der Waals surface area contributed by atoms with Crippen molar-refractivity contribution >= 4 is 40.0 Å². The van der Waals surface area contributed by atoms with E-state index in [-0.39, 0.29) is 22.9 Å². The first kappa shape index (κ1) is 20.6. The minimum atomic E-state index is -0.827. The van der Waals surface area contributed by atoms with Crippen molar-refractivity contribution in [3.05, 3.63) is 76.7 Å². The van der Waals surface area contributed by atoms with Gasteiger partial charge in [0.2, 0.25) is 0 Å². The largest absolute Gasteiger partial charge is 0.486 e. The molecule has 0 saturated carbocycles. The molecule has 0 spiro atoms. The molecule has 0 radical (unpaired) electrons. The number of carbonyl (C=O) groups is 1. The van der Waals surface area contributed by atoms with E-state index in [1.54, 1.807) is 6.07 Å². The van der Waals surface area contributed by atoms with E-state index in [0.29, 0.717) is 22.5 Å². The van der Waals surface area contributed by atoms with Crippen molar-refractivity contribution in [3.63, 3.8) is 0 Å². The maximum atomic E-state index is 15.1. The molecule has 9 heteroatoms. The van der Waals surface area contributed by atoms with Crippen LogP contribution in [0.15, 0.2) is 54.7 Å². The maximum absolute atomic E-state index is 15.1. The van der Waals surface area contributed by atoms with Crippen molar-refractivity contribution < 1.29 is 13.9 Å². The molecule has 4 rings (SSSR count). The summed E-state index contributed by atoms with van der Waals surface area (Å²) in [5, 5.41) is 10.4. The molecule has 0 atom stereocenters. The molecule has 0 bridgehead atoms. The number of nitrogens with one attached hydrogen (secondary N) is 2. The zero-order chi connectivity index (χ0) is 22.0. The van der Waals surface area contributed by atoms with Gasteiger partial charge in [-0.25, -0.2) is 9.37 Å². The molecule has 158 valence electrons. The van der Waals surface area contributed by atoms with Crippen LogP contribution in [0.5, 0.6) is 5.75 Å². The highest BCUT2D eigenvalue weighted by atomic mass is 35.5. The van der Waals surface area contributed by atoms with Crippen LogP contribution in [0.25, 0.3) is 11.0 Å². The van der Waals surface area contributed by atoms with Gasteiger partial charge in [0.05, 0.1) is 27.9 Å². The molecular formula is C22H19ClFN5O2. The fourth-order valence-electron chi connectivity index (χ4n) is 3.08. The van der Waals surface area contributed by atoms with Crippen molar-refractivity contribution in [2.75, 3.05) is 24.3 Å². The zero-order valence-electron chi connectivity index (χ0n) is 16.8. The molecule has 4 aromatic rings. The Kier molecular flexibility index (Phi) is 5.73. The first-order valence-corrected chi connectivity index (χ1v) is 9.79. The van der Waals surface area contributed by atoms with Gasteiger partial charge in [0.15, 0.2) is 23.0 Å². The van der Waals surface area contributed by atoms with Gasteiger partial charge in [-0.1, -0.05) is 41.9 Å². The molecule has 0 saturated heterocycles. The van der Waals surface area contributed by atoms with E-state index < -0.39 is 11.7 Å². The highest BCUT2D eigenvalue weighted by Crippen LogP contribution is 2.29. The lowest BCUT2D eigenvalue weighted by Gasteiger charge is -2.13. The first-order valence-electron chi connectivity index (χ1n) is 9.41. The van der Waals surface area contributed by atoms with Gasteiger partial charge in [0.1, 0.15) is 6.61 Å². The van der Waals surface area contributed by atoms with Crippen LogP contribution in [0.3, 0.4) is 0 Å². The second-order valence-electron chi connectivity index (χ2n) is 7.02. The first-order chi connectivity index (χ1) is 14.9. The summed E-state index contributed by atoms with van der Waals surface area (Å²) in [7, 11) is 3.69. The number of nitrogens with zero attached hydrogens (tertiary/aromatic N) is 3. The van der Waals surface area contributed by atoms with Crippen LogP contribution in [0, 0.1) is 5.82 Å². The number of hydrogen-bond acceptors (Lipinski definition) is 5. The highest BCUT2D eigenvalue weighted by Gasteiger charge is 2.21. The molecule has 0 aliphatic carbocycles. The minimum absolute atomic E-state index is 0.0200. The van der Waals surface area contributed by atoms with Gasteiger partial charge < -0.3 is 15.0 Å². The maximum Gasteiger partial charge on any atom is 0.260 e. The number of halogens is 2. The second-order valence-corrected chi connectivity index (χ2v) is 7.43. The second kappa shape index (κ2) is 8.61. The minimum Gasteiger partial charge on any atom is -0.486 e. The quantitative estimate of drug-likeness (QED) is 0.457. The third-order valence-electron chi connectivity index (χ3n) is 4.60. The average Bonchev–Trinajstić information content (AvgIpc) is 3.17. The van der Waals surface area contributed by atoms with E-state index >= 15 is 4.39 Å². The lowest BCUT2D eigenvalue weighted by Crippen LogP contribution is -2.15. The summed E-state index contributed by atoms with van der Waals surface area (Å²) in [5.41, 5.74) is 1.53. The van der Waals surface area contributed by atoms with Crippen LogP contribution >= 0.6 is 11.6 Å². The van der Waals surface area contributed by atoms with Crippen LogP contribution in [0.4, 0.5) is 15.9 Å². The Morgan fingerprint density at radius 1 is 1.23 bits per heavy atom. The van der Waals surface area contributed by atoms with Crippen LogP contribution in [-0.4, -0.2) is 35.2 Å². The number of rotatable bonds is 6. The van der Waals surface area contributed by atoms with Crippen molar-refractivity contribution in [3.8, 4) is 5.75 Å². The number of H-pyrrole nitrogens is 1. The number of aromatic amines is 1. The van der Waals surface area contributed by atoms with E-state index in [1.165, 1.54) is 18.3 Å². The summed E-state index contributed by atoms with van der Waals surface area (Å²) < 4.78 is 20.6. The Morgan fingerprint density at radius 3 is 2.74 bits per heavy atom. The third-order valence-corrected chi connectivity index (χ3v) is 4.91. The molecule has 1 amide bonds. The number of pyridine rings is 1. The average molecular weight is 440 g/mol. The van der Waals surface area contributed by atoms with Crippen LogP contribution in [-0.2, 0) is 6.61 Å². The standard InChI is InChI=1S/C22H19ClFN5O2/c1-29(2)21-15-10-14(11-25-20(15)27-28-21)26-22(30)18-16(23)8-9-17(19(18)24)31-12-13-6-4-3-5-7-13/h3-11H,12H2,1-2H3,(H,26,30)(H,25,27,28). The smallest absolute Gasteiger partial charge is 0.260 e. The zero-order valence-corrected chi connectivity index (χ0v) is 17.6. The normalized spacial score (nSPS) is 10.8. The molecule has 31 heavy (non-hydrogen) atoms. The van der Waals surface area contributed by atoms with Gasteiger partial charge in [0.25, 0.3) is 5.91 Å². The van der Waals surface area contributed by atoms with E-state index in [4.69, 9.17) is 16.3 Å². The Balaban J connectivity index is 1.58. The van der Waals surface area contributed by atoms with Crippen LogP contribution < -0.4 is 15.0 Å². The summed E-state index contributed by atoms with van der Waals surface area (Å²) in [6.45, 7) is 0.162. The summed E-state index contributed by atoms with van der Waals surface area (Å²) in [5.74, 6) is -0.924.